The van der Waals surface area contributed by atoms with E-state index in [-0.39, 0.29) is 10.8 Å². The Hall–Kier alpha value is -2.24. The fourth-order valence-electron chi connectivity index (χ4n) is 5.85. The van der Waals surface area contributed by atoms with Gasteiger partial charge in [0, 0.05) is 0 Å². The summed E-state index contributed by atoms with van der Waals surface area (Å²) >= 11 is 1.54. The van der Waals surface area contributed by atoms with Crippen LogP contribution < -0.4 is 0 Å². The third kappa shape index (κ3) is 9.14. The second-order valence-corrected chi connectivity index (χ2v) is 16.8. The first-order chi connectivity index (χ1) is 19.8. The maximum atomic E-state index is 3.26. The van der Waals surface area contributed by atoms with Crippen molar-refractivity contribution in [2.24, 2.45) is 11.3 Å². The molecule has 1 aliphatic carbocycles. The topological polar surface area (TPSA) is 0 Å². The number of hydrogen-bond donors (Lipinski definition) is 0. The first-order valence-electron chi connectivity index (χ1n) is 15.9. The maximum Gasteiger partial charge on any atom is -0.0142 e. The molecule has 1 aliphatic rings. The summed E-state index contributed by atoms with van der Waals surface area (Å²) in [5.41, 5.74) is 9.19. The van der Waals surface area contributed by atoms with Crippen molar-refractivity contribution in [1.82, 2.24) is 0 Å². The molecule has 0 nitrogen and oxygen atoms in total. The van der Waals surface area contributed by atoms with Crippen molar-refractivity contribution < 1.29 is 24.2 Å². The second kappa shape index (κ2) is 13.8. The van der Waals surface area contributed by atoms with Crippen molar-refractivity contribution in [3.63, 3.8) is 0 Å². The van der Waals surface area contributed by atoms with Gasteiger partial charge in [0.1, 0.15) is 0 Å². The van der Waals surface area contributed by atoms with Gasteiger partial charge < -0.3 is 0 Å². The Morgan fingerprint density at radius 1 is 0.744 bits per heavy atom. The maximum absolute atomic E-state index is 3.26. The van der Waals surface area contributed by atoms with Crippen molar-refractivity contribution in [2.45, 2.75) is 107 Å². The molecule has 0 radical (unpaired) electrons. The Kier molecular flexibility index (Phi) is 11.3. The Balaban J connectivity index is 0.000000209. The minimum Gasteiger partial charge on any atom is -0.126 e. The van der Waals surface area contributed by atoms with E-state index in [9.17, 15) is 0 Å². The fraction of sp³-hybridized carbons (Fsp3) is 0.429. The van der Waals surface area contributed by atoms with Crippen molar-refractivity contribution in [2.75, 3.05) is 0 Å². The van der Waals surface area contributed by atoms with Crippen molar-refractivity contribution in [3.8, 4) is 0 Å². The summed E-state index contributed by atoms with van der Waals surface area (Å²) in [5.74, 6) is 0.522. The summed E-state index contributed by atoms with van der Waals surface area (Å²) in [5, 5.41) is 5.55. The Morgan fingerprint density at radius 2 is 1.21 bits per heavy atom. The second-order valence-electron chi connectivity index (χ2n) is 15.3. The molecule has 5 rings (SSSR count). The van der Waals surface area contributed by atoms with Crippen LogP contribution in [0, 0.1) is 31.3 Å². The molecule has 0 aromatic heterocycles. The normalized spacial score (nSPS) is 15.1. The van der Waals surface area contributed by atoms with Gasteiger partial charge in [-0.15, -0.1) is 39.7 Å². The number of hydrogen-bond acceptors (Lipinski definition) is 0. The number of aryl methyl sites for hydroxylation is 2. The SMILES string of the molecule is CC1[C-]=CC(C(C)(C)C)=C1.CC[C](=[Zr+2])c1ccccc1.Cc1cc2[cH-]c3cc(C)c(C(C)(C)C)cc3c2cc1C(C)(C)C. The average Bonchev–Trinajstić information content (AvgIpc) is 3.50. The zero-order chi connectivity index (χ0) is 32.3. The molecule has 0 saturated carbocycles. The predicted octanol–water partition coefficient (Wildman–Crippen LogP) is 12.1. The molecule has 4 aromatic carbocycles. The molecule has 0 amide bonds. The number of benzene rings is 3. The smallest absolute Gasteiger partial charge is 0.0142 e. The molecule has 1 heteroatoms. The van der Waals surface area contributed by atoms with Crippen LogP contribution in [0.15, 0.2) is 78.4 Å². The van der Waals surface area contributed by atoms with Gasteiger partial charge in [0.2, 0.25) is 0 Å². The van der Waals surface area contributed by atoms with Gasteiger partial charge in [-0.25, -0.2) is 6.08 Å². The molecular weight excluding hydrogens is 596 g/mol. The zero-order valence-electron chi connectivity index (χ0n) is 29.2. The van der Waals surface area contributed by atoms with Gasteiger partial charge >= 0.3 is 76.7 Å². The minimum absolute atomic E-state index is 0.180. The summed E-state index contributed by atoms with van der Waals surface area (Å²) in [6.45, 7) is 29.4. The Morgan fingerprint density at radius 3 is 1.53 bits per heavy atom. The summed E-state index contributed by atoms with van der Waals surface area (Å²) in [4.78, 5) is 0. The van der Waals surface area contributed by atoms with Gasteiger partial charge in [0.05, 0.1) is 0 Å². The quantitative estimate of drug-likeness (QED) is 0.190. The van der Waals surface area contributed by atoms with E-state index in [0.29, 0.717) is 11.3 Å². The first kappa shape index (κ1) is 35.2. The fourth-order valence-corrected chi connectivity index (χ4v) is 6.26. The summed E-state index contributed by atoms with van der Waals surface area (Å²) in [7, 11) is 0. The summed E-state index contributed by atoms with van der Waals surface area (Å²) in [6, 6.07) is 22.5. The molecule has 1 atom stereocenters. The molecule has 226 valence electrons. The molecule has 43 heavy (non-hydrogen) atoms. The van der Waals surface area contributed by atoms with Crippen LogP contribution >= 0.6 is 0 Å². The van der Waals surface area contributed by atoms with E-state index < -0.39 is 0 Å². The van der Waals surface area contributed by atoms with Crippen LogP contribution in [0.3, 0.4) is 0 Å². The van der Waals surface area contributed by atoms with E-state index >= 15 is 0 Å². The molecule has 1 unspecified atom stereocenters. The largest absolute Gasteiger partial charge is 0.126 e. The van der Waals surface area contributed by atoms with Crippen LogP contribution in [0.25, 0.3) is 21.5 Å². The van der Waals surface area contributed by atoms with Crippen LogP contribution in [-0.2, 0) is 35.1 Å². The molecule has 0 saturated heterocycles. The van der Waals surface area contributed by atoms with Gasteiger partial charge in [-0.1, -0.05) is 115 Å². The standard InChI is InChI=1S/C23H29.C10H15.C9H10.Zr/c1-14-9-16-11-17-10-15(2)21(23(6,7)8)13-19(17)18(16)12-20(14)22(3,4)5;1-8-5-6-9(7-8)10(2,3)4;1-2-6-9-7-4-3-5-8-9;/h9-13H,1-8H3;6-8H,1-4H3;3-5,7-8H,2H2,1H3;/q2*-1;;+2. The Labute approximate surface area is 278 Å². The van der Waals surface area contributed by atoms with Crippen LogP contribution in [0.1, 0.15) is 110 Å². The van der Waals surface area contributed by atoms with Gasteiger partial charge in [-0.3, -0.25) is 6.08 Å². The number of fused-ring (bicyclic) bond motifs is 3. The third-order valence-electron chi connectivity index (χ3n) is 8.28. The molecular formula is C42H54Zr. The third-order valence-corrected chi connectivity index (χ3v) is 9.86. The predicted molar refractivity (Wildman–Crippen MR) is 189 cm³/mol. The van der Waals surface area contributed by atoms with Gasteiger partial charge in [-0.05, 0) is 24.7 Å². The average molecular weight is 650 g/mol. The van der Waals surface area contributed by atoms with Crippen LogP contribution in [0.4, 0.5) is 0 Å². The molecule has 0 spiro atoms. The van der Waals surface area contributed by atoms with E-state index in [2.05, 4.69) is 169 Å². The zero-order valence-corrected chi connectivity index (χ0v) is 31.7. The molecule has 0 bridgehead atoms. The van der Waals surface area contributed by atoms with Crippen molar-refractivity contribution >= 4 is 24.8 Å². The van der Waals surface area contributed by atoms with Gasteiger partial charge in [0.25, 0.3) is 0 Å². The van der Waals surface area contributed by atoms with Crippen molar-refractivity contribution in [3.05, 3.63) is 112 Å². The van der Waals surface area contributed by atoms with Crippen LogP contribution in [0.2, 0.25) is 0 Å². The minimum atomic E-state index is 0.180. The van der Waals surface area contributed by atoms with E-state index in [1.165, 1.54) is 85.6 Å². The molecule has 0 fully saturated rings. The monoisotopic (exact) mass is 648 g/mol. The number of allylic oxidation sites excluding steroid dienone is 4. The molecule has 4 aromatic rings. The van der Waals surface area contributed by atoms with E-state index in [4.69, 9.17) is 0 Å². The summed E-state index contributed by atoms with van der Waals surface area (Å²) < 4.78 is 1.55. The van der Waals surface area contributed by atoms with Gasteiger partial charge in [0.15, 0.2) is 0 Å². The van der Waals surface area contributed by atoms with Gasteiger partial charge in [-0.2, -0.15) is 11.6 Å². The molecule has 0 heterocycles. The van der Waals surface area contributed by atoms with E-state index in [0.717, 1.165) is 0 Å². The van der Waals surface area contributed by atoms with Crippen molar-refractivity contribution in [1.29, 1.82) is 0 Å². The molecule has 0 N–H and O–H groups in total. The van der Waals surface area contributed by atoms with Crippen LogP contribution in [-0.4, -0.2) is 3.21 Å². The first-order valence-corrected chi connectivity index (χ1v) is 17.2. The van der Waals surface area contributed by atoms with Crippen LogP contribution in [0.5, 0.6) is 0 Å². The Bertz CT molecular complexity index is 1540. The molecule has 0 aliphatic heterocycles. The van der Waals surface area contributed by atoms with E-state index in [1.807, 2.05) is 0 Å². The van der Waals surface area contributed by atoms with E-state index in [1.54, 1.807) is 3.21 Å². The summed E-state index contributed by atoms with van der Waals surface area (Å²) in [6.07, 6.45) is 8.83. The number of rotatable bonds is 2.